The van der Waals surface area contributed by atoms with Crippen LogP contribution in [0, 0.1) is 6.92 Å². The van der Waals surface area contributed by atoms with E-state index in [2.05, 4.69) is 15.0 Å². The van der Waals surface area contributed by atoms with Gasteiger partial charge in [-0.2, -0.15) is 4.98 Å². The third-order valence-corrected chi connectivity index (χ3v) is 4.73. The van der Waals surface area contributed by atoms with Crippen LogP contribution in [-0.2, 0) is 4.79 Å². The van der Waals surface area contributed by atoms with Gasteiger partial charge in [0, 0.05) is 35.9 Å². The number of H-pyrrole nitrogens is 1. The Bertz CT molecular complexity index is 998. The number of hydrogen-bond acceptors (Lipinski definition) is 5. The highest BCUT2D eigenvalue weighted by atomic mass is 16.5. The van der Waals surface area contributed by atoms with Crippen LogP contribution in [0.1, 0.15) is 29.0 Å². The van der Waals surface area contributed by atoms with Gasteiger partial charge in [0.25, 0.3) is 11.7 Å². The van der Waals surface area contributed by atoms with Gasteiger partial charge in [-0.1, -0.05) is 18.2 Å². The molecule has 0 saturated carbocycles. The van der Waals surface area contributed by atoms with Crippen molar-refractivity contribution in [3.8, 4) is 5.88 Å². The Morgan fingerprint density at radius 3 is 2.96 bits per heavy atom. The summed E-state index contributed by atoms with van der Waals surface area (Å²) in [5.41, 5.74) is 1.25. The van der Waals surface area contributed by atoms with E-state index < -0.39 is 11.7 Å². The first kappa shape index (κ1) is 17.2. The van der Waals surface area contributed by atoms with Crippen LogP contribution in [0.3, 0.4) is 0 Å². The first-order valence-corrected chi connectivity index (χ1v) is 8.98. The zero-order chi connectivity index (χ0) is 18.8. The van der Waals surface area contributed by atoms with Gasteiger partial charge in [-0.25, -0.2) is 4.98 Å². The van der Waals surface area contributed by atoms with Crippen molar-refractivity contribution in [2.24, 2.45) is 0 Å². The normalized spacial score (nSPS) is 17.1. The number of ketones is 1. The molecule has 3 aromatic rings. The highest BCUT2D eigenvalue weighted by Gasteiger charge is 2.30. The lowest BCUT2D eigenvalue weighted by Crippen LogP contribution is -2.47. The highest BCUT2D eigenvalue weighted by Crippen LogP contribution is 2.21. The van der Waals surface area contributed by atoms with Crippen molar-refractivity contribution in [3.63, 3.8) is 0 Å². The monoisotopic (exact) mass is 364 g/mol. The number of piperidine rings is 1. The van der Waals surface area contributed by atoms with Crippen LogP contribution in [0.15, 0.2) is 42.7 Å². The number of nitrogens with one attached hydrogen (secondary N) is 1. The Kier molecular flexibility index (Phi) is 4.58. The molecule has 1 amide bonds. The Morgan fingerprint density at radius 2 is 2.11 bits per heavy atom. The summed E-state index contributed by atoms with van der Waals surface area (Å²) in [7, 11) is 0. The van der Waals surface area contributed by atoms with Gasteiger partial charge in [-0.05, 0) is 25.8 Å². The predicted molar refractivity (Wildman–Crippen MR) is 99.6 cm³/mol. The quantitative estimate of drug-likeness (QED) is 0.568. The molecule has 1 fully saturated rings. The highest BCUT2D eigenvalue weighted by molar-refractivity contribution is 6.44. The Balaban J connectivity index is 1.47. The fourth-order valence-electron chi connectivity index (χ4n) is 3.41. The molecule has 0 spiro atoms. The summed E-state index contributed by atoms with van der Waals surface area (Å²) in [6, 6.07) is 9.16. The van der Waals surface area contributed by atoms with Crippen molar-refractivity contribution in [3.05, 3.63) is 54.1 Å². The molecule has 1 aliphatic rings. The minimum absolute atomic E-state index is 0.187. The number of carbonyl (C=O) groups is 2. The molecule has 138 valence electrons. The molecule has 0 bridgehead atoms. The van der Waals surface area contributed by atoms with E-state index >= 15 is 0 Å². The number of ether oxygens (including phenoxy) is 1. The first-order valence-electron chi connectivity index (χ1n) is 8.98. The van der Waals surface area contributed by atoms with E-state index in [1.807, 2.05) is 24.3 Å². The number of amides is 1. The average molecular weight is 364 g/mol. The topological polar surface area (TPSA) is 88.2 Å². The number of nitrogens with zero attached hydrogens (tertiary/aromatic N) is 3. The lowest BCUT2D eigenvalue weighted by atomic mass is 10.0. The number of rotatable bonds is 4. The van der Waals surface area contributed by atoms with Crippen LogP contribution in [0.5, 0.6) is 5.88 Å². The number of aromatic nitrogens is 3. The number of carbonyl (C=O) groups excluding carboxylic acids is 2. The van der Waals surface area contributed by atoms with Gasteiger partial charge in [0.2, 0.25) is 5.88 Å². The molecule has 0 aliphatic carbocycles. The smallest absolute Gasteiger partial charge is 0.295 e. The number of aryl methyl sites for hydroxylation is 1. The second-order valence-corrected chi connectivity index (χ2v) is 6.65. The Hall–Kier alpha value is -3.22. The summed E-state index contributed by atoms with van der Waals surface area (Å²) < 4.78 is 5.89. The molecule has 2 aromatic heterocycles. The molecular formula is C20H20N4O3. The van der Waals surface area contributed by atoms with Crippen molar-refractivity contribution < 1.29 is 14.3 Å². The number of fused-ring (bicyclic) bond motifs is 1. The van der Waals surface area contributed by atoms with Crippen molar-refractivity contribution in [1.29, 1.82) is 0 Å². The summed E-state index contributed by atoms with van der Waals surface area (Å²) in [5.74, 6) is 0.133. The number of aromatic amines is 1. The minimum Gasteiger partial charge on any atom is -0.472 e. The fourth-order valence-corrected chi connectivity index (χ4v) is 3.41. The fraction of sp³-hybridized carbons (Fsp3) is 0.300. The lowest BCUT2D eigenvalue weighted by Gasteiger charge is -2.32. The van der Waals surface area contributed by atoms with E-state index in [0.717, 1.165) is 23.7 Å². The second kappa shape index (κ2) is 7.19. The van der Waals surface area contributed by atoms with Crippen molar-refractivity contribution >= 4 is 22.6 Å². The molecule has 1 N–H and O–H groups in total. The molecule has 0 radical (unpaired) electrons. The van der Waals surface area contributed by atoms with Crippen LogP contribution < -0.4 is 4.74 Å². The maximum atomic E-state index is 12.8. The largest absolute Gasteiger partial charge is 0.472 e. The van der Waals surface area contributed by atoms with Gasteiger partial charge in [-0.3, -0.25) is 9.59 Å². The zero-order valence-corrected chi connectivity index (χ0v) is 15.0. The third kappa shape index (κ3) is 3.53. The second-order valence-electron chi connectivity index (χ2n) is 6.65. The van der Waals surface area contributed by atoms with Gasteiger partial charge in [-0.15, -0.1) is 0 Å². The number of hydrogen-bond donors (Lipinski definition) is 1. The average Bonchev–Trinajstić information content (AvgIpc) is 3.11. The molecule has 7 heteroatoms. The molecule has 3 heterocycles. The number of Topliss-reactive ketones (excluding diaryl/α,β-unsaturated/α-hetero) is 1. The number of para-hydroxylation sites is 1. The molecule has 27 heavy (non-hydrogen) atoms. The van der Waals surface area contributed by atoms with Gasteiger partial charge >= 0.3 is 0 Å². The van der Waals surface area contributed by atoms with Crippen LogP contribution in [-0.4, -0.2) is 50.7 Å². The molecule has 1 aromatic carbocycles. The van der Waals surface area contributed by atoms with E-state index in [4.69, 9.17) is 4.74 Å². The maximum absolute atomic E-state index is 12.8. The van der Waals surface area contributed by atoms with E-state index in [9.17, 15) is 9.59 Å². The minimum atomic E-state index is -0.494. The van der Waals surface area contributed by atoms with E-state index in [1.54, 1.807) is 30.3 Å². The van der Waals surface area contributed by atoms with Crippen LogP contribution >= 0.6 is 0 Å². The molecule has 1 unspecified atom stereocenters. The zero-order valence-electron chi connectivity index (χ0n) is 15.0. The van der Waals surface area contributed by atoms with Gasteiger partial charge in [0.05, 0.1) is 12.1 Å². The van der Waals surface area contributed by atoms with E-state index in [0.29, 0.717) is 30.4 Å². The molecule has 1 saturated heterocycles. The summed E-state index contributed by atoms with van der Waals surface area (Å²) in [6.45, 7) is 2.72. The van der Waals surface area contributed by atoms with E-state index in [1.165, 1.54) is 0 Å². The standard InChI is InChI=1S/C20H20N4O3/c1-13-21-9-8-18(23-13)27-14-5-4-10-24(12-14)20(26)19(25)16-11-22-17-7-3-2-6-15(16)17/h2-3,6-9,11,14,22H,4-5,10,12H2,1H3. The summed E-state index contributed by atoms with van der Waals surface area (Å²) in [6.07, 6.45) is 4.65. The SMILES string of the molecule is Cc1nccc(OC2CCCN(C(=O)C(=O)c3c[nH]c4ccccc34)C2)n1. The van der Waals surface area contributed by atoms with Crippen LogP contribution in [0.25, 0.3) is 10.9 Å². The first-order chi connectivity index (χ1) is 13.1. The van der Waals surface area contributed by atoms with Crippen molar-refractivity contribution in [1.82, 2.24) is 19.9 Å². The number of benzene rings is 1. The van der Waals surface area contributed by atoms with Crippen molar-refractivity contribution in [2.45, 2.75) is 25.9 Å². The lowest BCUT2D eigenvalue weighted by molar-refractivity contribution is -0.129. The van der Waals surface area contributed by atoms with Crippen LogP contribution in [0.2, 0.25) is 0 Å². The summed E-state index contributed by atoms with van der Waals surface area (Å²) in [4.78, 5) is 38.4. The third-order valence-electron chi connectivity index (χ3n) is 4.73. The Morgan fingerprint density at radius 1 is 1.26 bits per heavy atom. The van der Waals surface area contributed by atoms with E-state index in [-0.39, 0.29) is 6.10 Å². The van der Waals surface area contributed by atoms with Crippen molar-refractivity contribution in [2.75, 3.05) is 13.1 Å². The maximum Gasteiger partial charge on any atom is 0.295 e. The van der Waals surface area contributed by atoms with Gasteiger partial charge < -0.3 is 14.6 Å². The summed E-state index contributed by atoms with van der Waals surface area (Å²) >= 11 is 0. The van der Waals surface area contributed by atoms with Crippen LogP contribution in [0.4, 0.5) is 0 Å². The molecule has 1 atom stereocenters. The summed E-state index contributed by atoms with van der Waals surface area (Å²) in [5, 5.41) is 0.761. The molecule has 4 rings (SSSR count). The van der Waals surface area contributed by atoms with Gasteiger partial charge in [0.1, 0.15) is 11.9 Å². The Labute approximate surface area is 156 Å². The number of likely N-dealkylation sites (tertiary alicyclic amines) is 1. The molecular weight excluding hydrogens is 344 g/mol. The molecule has 7 nitrogen and oxygen atoms in total. The molecule has 1 aliphatic heterocycles. The predicted octanol–water partition coefficient (Wildman–Crippen LogP) is 2.52. The van der Waals surface area contributed by atoms with Gasteiger partial charge in [0.15, 0.2) is 0 Å².